The first-order valence-corrected chi connectivity index (χ1v) is 5.97. The lowest BCUT2D eigenvalue weighted by molar-refractivity contribution is 0.0862. The number of likely N-dealkylation sites (tertiary alicyclic amines) is 1. The quantitative estimate of drug-likeness (QED) is 0.848. The van der Waals surface area contributed by atoms with E-state index < -0.39 is 0 Å². The number of amides is 1. The summed E-state index contributed by atoms with van der Waals surface area (Å²) >= 11 is 0. The molecule has 1 atom stereocenters. The van der Waals surface area contributed by atoms with Gasteiger partial charge >= 0.3 is 6.09 Å². The zero-order valence-corrected chi connectivity index (χ0v) is 9.84. The molecular formula is C13H18N2O2. The van der Waals surface area contributed by atoms with Crippen molar-refractivity contribution in [3.05, 3.63) is 35.9 Å². The van der Waals surface area contributed by atoms with Crippen LogP contribution in [0.1, 0.15) is 18.4 Å². The highest BCUT2D eigenvalue weighted by atomic mass is 16.6. The molecule has 0 spiro atoms. The van der Waals surface area contributed by atoms with Crippen LogP contribution in [0.2, 0.25) is 0 Å². The minimum absolute atomic E-state index is 0.0908. The molecule has 1 aliphatic heterocycles. The van der Waals surface area contributed by atoms with Gasteiger partial charge < -0.3 is 15.4 Å². The minimum atomic E-state index is -0.260. The Morgan fingerprint density at radius 2 is 2.18 bits per heavy atom. The molecule has 4 nitrogen and oxygen atoms in total. The molecule has 1 fully saturated rings. The lowest BCUT2D eigenvalue weighted by atomic mass is 10.1. The van der Waals surface area contributed by atoms with Gasteiger partial charge in [-0.1, -0.05) is 30.3 Å². The maximum absolute atomic E-state index is 11.8. The van der Waals surface area contributed by atoms with Gasteiger partial charge in [0.15, 0.2) is 0 Å². The largest absolute Gasteiger partial charge is 0.445 e. The van der Waals surface area contributed by atoms with Crippen molar-refractivity contribution >= 4 is 6.09 Å². The predicted octanol–water partition coefficient (Wildman–Crippen LogP) is 1.75. The molecule has 0 aliphatic carbocycles. The molecule has 0 bridgehead atoms. The van der Waals surface area contributed by atoms with Gasteiger partial charge in [0.05, 0.1) is 0 Å². The van der Waals surface area contributed by atoms with E-state index in [2.05, 4.69) is 0 Å². The molecule has 1 amide bonds. The van der Waals surface area contributed by atoms with Crippen LogP contribution in [0.25, 0.3) is 0 Å². The van der Waals surface area contributed by atoms with Crippen molar-refractivity contribution < 1.29 is 9.53 Å². The molecule has 17 heavy (non-hydrogen) atoms. The summed E-state index contributed by atoms with van der Waals surface area (Å²) < 4.78 is 5.25. The van der Waals surface area contributed by atoms with Gasteiger partial charge in [-0.05, 0) is 18.4 Å². The van der Waals surface area contributed by atoms with E-state index in [1.54, 1.807) is 4.90 Å². The molecule has 0 aromatic heterocycles. The van der Waals surface area contributed by atoms with Crippen LogP contribution < -0.4 is 5.73 Å². The topological polar surface area (TPSA) is 55.6 Å². The standard InChI is InChI=1S/C13H18N2O2/c14-12-7-4-8-15(9-12)13(16)17-10-11-5-2-1-3-6-11/h1-3,5-6,12H,4,7-10,14H2/t12-/m1/s1. The Hall–Kier alpha value is -1.55. The summed E-state index contributed by atoms with van der Waals surface area (Å²) in [6.45, 7) is 1.68. The highest BCUT2D eigenvalue weighted by Gasteiger charge is 2.22. The van der Waals surface area contributed by atoms with Gasteiger partial charge in [-0.2, -0.15) is 0 Å². The fourth-order valence-corrected chi connectivity index (χ4v) is 1.99. The number of carbonyl (C=O) groups excluding carboxylic acids is 1. The van der Waals surface area contributed by atoms with Crippen molar-refractivity contribution in [2.75, 3.05) is 13.1 Å². The number of carbonyl (C=O) groups is 1. The van der Waals surface area contributed by atoms with Crippen molar-refractivity contribution in [2.45, 2.75) is 25.5 Å². The molecule has 2 rings (SSSR count). The van der Waals surface area contributed by atoms with E-state index in [1.165, 1.54) is 0 Å². The van der Waals surface area contributed by atoms with Crippen LogP contribution >= 0.6 is 0 Å². The number of rotatable bonds is 2. The third-order valence-electron chi connectivity index (χ3n) is 2.92. The summed E-state index contributed by atoms with van der Waals surface area (Å²) in [5.41, 5.74) is 6.82. The Labute approximate surface area is 101 Å². The van der Waals surface area contributed by atoms with E-state index in [1.807, 2.05) is 30.3 Å². The lowest BCUT2D eigenvalue weighted by Gasteiger charge is -2.29. The Kier molecular flexibility index (Phi) is 3.98. The zero-order chi connectivity index (χ0) is 12.1. The molecule has 1 aromatic carbocycles. The highest BCUT2D eigenvalue weighted by Crippen LogP contribution is 2.10. The van der Waals surface area contributed by atoms with Crippen molar-refractivity contribution in [3.63, 3.8) is 0 Å². The number of ether oxygens (including phenoxy) is 1. The Morgan fingerprint density at radius 1 is 1.41 bits per heavy atom. The summed E-state index contributed by atoms with van der Waals surface area (Å²) in [6, 6.07) is 9.77. The van der Waals surface area contributed by atoms with E-state index in [-0.39, 0.29) is 12.1 Å². The zero-order valence-electron chi connectivity index (χ0n) is 9.84. The third kappa shape index (κ3) is 3.46. The summed E-state index contributed by atoms with van der Waals surface area (Å²) in [6.07, 6.45) is 1.69. The molecule has 0 saturated carbocycles. The lowest BCUT2D eigenvalue weighted by Crippen LogP contribution is -2.45. The first kappa shape index (κ1) is 11.9. The highest BCUT2D eigenvalue weighted by molar-refractivity contribution is 5.67. The van der Waals surface area contributed by atoms with Crippen LogP contribution in [-0.2, 0) is 11.3 Å². The third-order valence-corrected chi connectivity index (χ3v) is 2.92. The molecule has 1 aliphatic rings. The van der Waals surface area contributed by atoms with Gasteiger partial charge in [0.25, 0.3) is 0 Å². The van der Waals surface area contributed by atoms with Crippen LogP contribution in [-0.4, -0.2) is 30.1 Å². The van der Waals surface area contributed by atoms with Crippen molar-refractivity contribution in [3.8, 4) is 0 Å². The van der Waals surface area contributed by atoms with Gasteiger partial charge in [0.1, 0.15) is 6.61 Å². The van der Waals surface area contributed by atoms with Gasteiger partial charge in [0.2, 0.25) is 0 Å². The molecule has 0 unspecified atom stereocenters. The summed E-state index contributed by atoms with van der Waals surface area (Å²) in [4.78, 5) is 13.5. The summed E-state index contributed by atoms with van der Waals surface area (Å²) in [5.74, 6) is 0. The fraction of sp³-hybridized carbons (Fsp3) is 0.462. The molecule has 4 heteroatoms. The SMILES string of the molecule is N[C@@H]1CCCN(C(=O)OCc2ccccc2)C1. The average Bonchev–Trinajstić information content (AvgIpc) is 2.37. The number of benzene rings is 1. The molecule has 92 valence electrons. The second-order valence-corrected chi connectivity index (χ2v) is 4.39. The Morgan fingerprint density at radius 3 is 2.88 bits per heavy atom. The molecular weight excluding hydrogens is 216 g/mol. The second kappa shape index (κ2) is 5.68. The number of nitrogens with zero attached hydrogens (tertiary/aromatic N) is 1. The Bertz CT molecular complexity index is 367. The predicted molar refractivity (Wildman–Crippen MR) is 65.4 cm³/mol. The fourth-order valence-electron chi connectivity index (χ4n) is 1.99. The number of hydrogen-bond donors (Lipinski definition) is 1. The monoisotopic (exact) mass is 234 g/mol. The van der Waals surface area contributed by atoms with Crippen molar-refractivity contribution in [2.24, 2.45) is 5.73 Å². The van der Waals surface area contributed by atoms with E-state index in [0.717, 1.165) is 24.9 Å². The van der Waals surface area contributed by atoms with Crippen molar-refractivity contribution in [1.29, 1.82) is 0 Å². The van der Waals surface area contributed by atoms with E-state index in [0.29, 0.717) is 13.2 Å². The maximum Gasteiger partial charge on any atom is 0.410 e. The first-order chi connectivity index (χ1) is 8.25. The molecule has 0 radical (unpaired) electrons. The number of nitrogens with two attached hydrogens (primary N) is 1. The van der Waals surface area contributed by atoms with Gasteiger partial charge in [-0.25, -0.2) is 4.79 Å². The second-order valence-electron chi connectivity index (χ2n) is 4.39. The Balaban J connectivity index is 1.81. The van der Waals surface area contributed by atoms with Crippen LogP contribution in [0.5, 0.6) is 0 Å². The molecule has 2 N–H and O–H groups in total. The normalized spacial score (nSPS) is 20.1. The van der Waals surface area contributed by atoms with E-state index in [9.17, 15) is 4.79 Å². The smallest absolute Gasteiger partial charge is 0.410 e. The molecule has 1 aromatic rings. The van der Waals surface area contributed by atoms with Crippen LogP contribution in [0, 0.1) is 0 Å². The van der Waals surface area contributed by atoms with Crippen molar-refractivity contribution in [1.82, 2.24) is 4.90 Å². The van der Waals surface area contributed by atoms with Crippen LogP contribution in [0.15, 0.2) is 30.3 Å². The molecule has 1 saturated heterocycles. The van der Waals surface area contributed by atoms with E-state index >= 15 is 0 Å². The number of piperidine rings is 1. The van der Waals surface area contributed by atoms with E-state index in [4.69, 9.17) is 10.5 Å². The van der Waals surface area contributed by atoms with Crippen LogP contribution in [0.3, 0.4) is 0 Å². The van der Waals surface area contributed by atoms with Gasteiger partial charge in [0, 0.05) is 19.1 Å². The first-order valence-electron chi connectivity index (χ1n) is 5.97. The van der Waals surface area contributed by atoms with Gasteiger partial charge in [-0.3, -0.25) is 0 Å². The maximum atomic E-state index is 11.8. The van der Waals surface area contributed by atoms with Crippen LogP contribution in [0.4, 0.5) is 4.79 Å². The molecule has 1 heterocycles. The number of hydrogen-bond acceptors (Lipinski definition) is 3. The minimum Gasteiger partial charge on any atom is -0.445 e. The summed E-state index contributed by atoms with van der Waals surface area (Å²) in [5, 5.41) is 0. The summed E-state index contributed by atoms with van der Waals surface area (Å²) in [7, 11) is 0. The average molecular weight is 234 g/mol. The van der Waals surface area contributed by atoms with Gasteiger partial charge in [-0.15, -0.1) is 0 Å².